The van der Waals surface area contributed by atoms with E-state index in [2.05, 4.69) is 4.74 Å². The second-order valence-electron chi connectivity index (χ2n) is 2.45. The molecule has 0 rings (SSSR count). The number of esters is 1. The van der Waals surface area contributed by atoms with Crippen molar-refractivity contribution < 1.29 is 24.2 Å². The lowest BCUT2D eigenvalue weighted by molar-refractivity contribution is -0.148. The molecule has 0 fully saturated rings. The molecule has 5 heteroatoms. The highest BCUT2D eigenvalue weighted by atomic mass is 16.6. The minimum absolute atomic E-state index is 0.0983. The molecule has 14 heavy (non-hydrogen) atoms. The Bertz CT molecular complexity index is 209. The van der Waals surface area contributed by atoms with E-state index in [4.69, 9.17) is 9.84 Å². The number of ether oxygens (including phenoxy) is 2. The number of aliphatic carboxylic acids is 1. The highest BCUT2D eigenvalue weighted by Crippen LogP contribution is 1.92. The van der Waals surface area contributed by atoms with Gasteiger partial charge in [-0.2, -0.15) is 0 Å². The molecule has 0 bridgehead atoms. The highest BCUT2D eigenvalue weighted by molar-refractivity contribution is 5.76. The fraction of sp³-hybridized carbons (Fsp3) is 0.556. The van der Waals surface area contributed by atoms with Crippen LogP contribution in [0.15, 0.2) is 12.3 Å². The van der Waals surface area contributed by atoms with Crippen LogP contribution >= 0.6 is 0 Å². The van der Waals surface area contributed by atoms with Gasteiger partial charge in [0.1, 0.15) is 13.2 Å². The van der Waals surface area contributed by atoms with Crippen LogP contribution in [0.4, 0.5) is 0 Å². The number of carboxylic acids is 1. The van der Waals surface area contributed by atoms with Crippen molar-refractivity contribution in [1.29, 1.82) is 0 Å². The summed E-state index contributed by atoms with van der Waals surface area (Å²) < 4.78 is 9.56. The number of hydrogen-bond donors (Lipinski definition) is 1. The molecule has 1 N–H and O–H groups in total. The molecule has 0 atom stereocenters. The van der Waals surface area contributed by atoms with Crippen LogP contribution < -0.4 is 0 Å². The average molecular weight is 202 g/mol. The van der Waals surface area contributed by atoms with Gasteiger partial charge in [0.25, 0.3) is 0 Å². The normalized spacial score (nSPS) is 10.1. The van der Waals surface area contributed by atoms with Crippen LogP contribution in [-0.4, -0.2) is 30.3 Å². The average Bonchev–Trinajstić information content (AvgIpc) is 2.14. The summed E-state index contributed by atoms with van der Waals surface area (Å²) in [5, 5.41) is 8.26. The first-order valence-electron chi connectivity index (χ1n) is 4.27. The Morgan fingerprint density at radius 1 is 1.29 bits per heavy atom. The third-order valence-electron chi connectivity index (χ3n) is 1.24. The van der Waals surface area contributed by atoms with Crippen molar-refractivity contribution in [2.24, 2.45) is 0 Å². The molecule has 0 amide bonds. The van der Waals surface area contributed by atoms with Crippen molar-refractivity contribution in [3.63, 3.8) is 0 Å². The van der Waals surface area contributed by atoms with Gasteiger partial charge in [0, 0.05) is 0 Å². The Labute approximate surface area is 82.3 Å². The maximum absolute atomic E-state index is 10.8. The van der Waals surface area contributed by atoms with Gasteiger partial charge in [0.2, 0.25) is 0 Å². The predicted molar refractivity (Wildman–Crippen MR) is 48.6 cm³/mol. The second kappa shape index (κ2) is 8.10. The molecule has 0 aromatic rings. The van der Waals surface area contributed by atoms with E-state index < -0.39 is 11.9 Å². The Hall–Kier alpha value is -1.52. The molecule has 80 valence electrons. The van der Waals surface area contributed by atoms with Gasteiger partial charge in [-0.3, -0.25) is 9.59 Å². The van der Waals surface area contributed by atoms with Crippen LogP contribution in [0.3, 0.4) is 0 Å². The topological polar surface area (TPSA) is 72.8 Å². The van der Waals surface area contributed by atoms with Crippen molar-refractivity contribution in [3.05, 3.63) is 12.3 Å². The van der Waals surface area contributed by atoms with E-state index in [0.717, 1.165) is 0 Å². The van der Waals surface area contributed by atoms with Crippen LogP contribution in [0, 0.1) is 0 Å². The van der Waals surface area contributed by atoms with Crippen LogP contribution in [0.5, 0.6) is 0 Å². The molecule has 0 saturated heterocycles. The molecule has 0 radical (unpaired) electrons. The smallest absolute Gasteiger partial charge is 0.306 e. The fourth-order valence-corrected chi connectivity index (χ4v) is 0.649. The maximum Gasteiger partial charge on any atom is 0.306 e. The summed E-state index contributed by atoms with van der Waals surface area (Å²) in [7, 11) is 0. The van der Waals surface area contributed by atoms with E-state index in [1.54, 1.807) is 13.0 Å². The summed E-state index contributed by atoms with van der Waals surface area (Å²) in [6.45, 7) is 2.23. The molecule has 0 spiro atoms. The number of carbonyl (C=O) groups excluding carboxylic acids is 1. The minimum Gasteiger partial charge on any atom is -0.498 e. The first kappa shape index (κ1) is 12.5. The van der Waals surface area contributed by atoms with Gasteiger partial charge < -0.3 is 14.6 Å². The van der Waals surface area contributed by atoms with E-state index in [0.29, 0.717) is 0 Å². The van der Waals surface area contributed by atoms with Gasteiger partial charge >= 0.3 is 11.9 Å². The third kappa shape index (κ3) is 8.58. The molecule has 0 aromatic carbocycles. The summed E-state index contributed by atoms with van der Waals surface area (Å²) in [6, 6.07) is 0. The van der Waals surface area contributed by atoms with Gasteiger partial charge in [0.05, 0.1) is 19.1 Å². The number of allylic oxidation sites excluding steroid dienone is 1. The fourth-order valence-electron chi connectivity index (χ4n) is 0.649. The van der Waals surface area contributed by atoms with E-state index in [-0.39, 0.29) is 26.1 Å². The summed E-state index contributed by atoms with van der Waals surface area (Å²) in [5.74, 6) is -1.52. The molecular formula is C9H14O5. The summed E-state index contributed by atoms with van der Waals surface area (Å²) in [5.41, 5.74) is 0. The zero-order valence-electron chi connectivity index (χ0n) is 8.06. The quantitative estimate of drug-likeness (QED) is 0.378. The predicted octanol–water partition coefficient (Wildman–Crippen LogP) is 0.945. The minimum atomic E-state index is -1.01. The lowest BCUT2D eigenvalue weighted by atomic mass is 10.3. The van der Waals surface area contributed by atoms with Crippen LogP contribution in [0.25, 0.3) is 0 Å². The number of carbonyl (C=O) groups is 2. The lowest BCUT2D eigenvalue weighted by Gasteiger charge is -2.03. The zero-order valence-corrected chi connectivity index (χ0v) is 8.06. The first-order chi connectivity index (χ1) is 6.66. The number of carboxylic acid groups (broad SMARTS) is 1. The van der Waals surface area contributed by atoms with Gasteiger partial charge in [-0.1, -0.05) is 6.08 Å². The van der Waals surface area contributed by atoms with Crippen LogP contribution in [-0.2, 0) is 19.1 Å². The summed E-state index contributed by atoms with van der Waals surface area (Å²) in [6.07, 6.45) is 2.91. The van der Waals surface area contributed by atoms with Gasteiger partial charge in [-0.25, -0.2) is 0 Å². The van der Waals surface area contributed by atoms with Gasteiger partial charge in [0.15, 0.2) is 0 Å². The summed E-state index contributed by atoms with van der Waals surface area (Å²) in [4.78, 5) is 20.9. The van der Waals surface area contributed by atoms with E-state index in [9.17, 15) is 9.59 Å². The van der Waals surface area contributed by atoms with Crippen molar-refractivity contribution in [2.45, 2.75) is 19.8 Å². The Kier molecular flexibility index (Phi) is 7.22. The third-order valence-corrected chi connectivity index (χ3v) is 1.24. The molecule has 0 saturated carbocycles. The van der Waals surface area contributed by atoms with Crippen molar-refractivity contribution >= 4 is 11.9 Å². The van der Waals surface area contributed by atoms with Crippen molar-refractivity contribution in [2.75, 3.05) is 13.2 Å². The largest absolute Gasteiger partial charge is 0.498 e. The van der Waals surface area contributed by atoms with Crippen LogP contribution in [0.2, 0.25) is 0 Å². The standard InChI is InChI=1S/C9H14O5/c1-2-5-13-6-7-14-9(12)4-3-8(10)11/h2,5H,3-4,6-7H2,1H3,(H,10,11). The molecule has 0 aliphatic carbocycles. The molecule has 0 aliphatic heterocycles. The number of hydrogen-bond acceptors (Lipinski definition) is 4. The Morgan fingerprint density at radius 2 is 2.00 bits per heavy atom. The molecule has 0 unspecified atom stereocenters. The first-order valence-corrected chi connectivity index (χ1v) is 4.27. The maximum atomic E-state index is 10.8. The number of rotatable bonds is 7. The second-order valence-corrected chi connectivity index (χ2v) is 2.45. The van der Waals surface area contributed by atoms with Crippen molar-refractivity contribution in [1.82, 2.24) is 0 Å². The highest BCUT2D eigenvalue weighted by Gasteiger charge is 2.05. The van der Waals surface area contributed by atoms with E-state index in [1.807, 2.05) is 0 Å². The molecule has 0 aromatic heterocycles. The van der Waals surface area contributed by atoms with Crippen LogP contribution in [0.1, 0.15) is 19.8 Å². The molecular weight excluding hydrogens is 188 g/mol. The van der Waals surface area contributed by atoms with E-state index >= 15 is 0 Å². The van der Waals surface area contributed by atoms with E-state index in [1.165, 1.54) is 6.26 Å². The van der Waals surface area contributed by atoms with Gasteiger partial charge in [-0.05, 0) is 6.92 Å². The molecule has 0 heterocycles. The SMILES string of the molecule is CC=COCCOC(=O)CCC(=O)O. The monoisotopic (exact) mass is 202 g/mol. The Morgan fingerprint density at radius 3 is 2.57 bits per heavy atom. The lowest BCUT2D eigenvalue weighted by Crippen LogP contribution is -2.10. The Balaban J connectivity index is 3.31. The zero-order chi connectivity index (χ0) is 10.8. The summed E-state index contributed by atoms with van der Waals surface area (Å²) >= 11 is 0. The van der Waals surface area contributed by atoms with Gasteiger partial charge in [-0.15, -0.1) is 0 Å². The van der Waals surface area contributed by atoms with Crippen molar-refractivity contribution in [3.8, 4) is 0 Å². The molecule has 0 aliphatic rings. The molecule has 5 nitrogen and oxygen atoms in total.